The number of carbonyl (C=O) groups excluding carboxylic acids is 1. The minimum absolute atomic E-state index is 0.0332. The number of hydrogen-bond acceptors (Lipinski definition) is 2. The molecule has 2 aliphatic rings. The first-order valence-electron chi connectivity index (χ1n) is 7.85. The maximum Gasteiger partial charge on any atom is 0.238 e. The van der Waals surface area contributed by atoms with Crippen LogP contribution in [0.1, 0.15) is 45.0 Å². The molecule has 1 aromatic carbocycles. The van der Waals surface area contributed by atoms with E-state index in [1.165, 1.54) is 11.1 Å². The van der Waals surface area contributed by atoms with Crippen LogP contribution in [0.3, 0.4) is 0 Å². The largest absolute Gasteiger partial charge is 0.321 e. The summed E-state index contributed by atoms with van der Waals surface area (Å²) in [4.78, 5) is 14.4. The van der Waals surface area contributed by atoms with Crippen molar-refractivity contribution in [3.05, 3.63) is 35.4 Å². The third kappa shape index (κ3) is 2.10. The predicted molar refractivity (Wildman–Crippen MR) is 84.7 cm³/mol. The van der Waals surface area contributed by atoms with Crippen LogP contribution in [0.25, 0.3) is 0 Å². The van der Waals surface area contributed by atoms with E-state index in [4.69, 9.17) is 0 Å². The lowest BCUT2D eigenvalue weighted by Gasteiger charge is -2.26. The molecule has 3 rings (SSSR count). The van der Waals surface area contributed by atoms with Crippen LogP contribution in [0, 0.1) is 23.7 Å². The van der Waals surface area contributed by atoms with Gasteiger partial charge in [0.2, 0.25) is 5.91 Å². The fourth-order valence-corrected chi connectivity index (χ4v) is 3.90. The van der Waals surface area contributed by atoms with Crippen molar-refractivity contribution in [2.24, 2.45) is 16.7 Å². The summed E-state index contributed by atoms with van der Waals surface area (Å²) in [6, 6.07) is 8.34. The maximum absolute atomic E-state index is 12.3. The second-order valence-corrected chi connectivity index (χ2v) is 7.68. The van der Waals surface area contributed by atoms with Gasteiger partial charge in [-0.25, -0.2) is 0 Å². The molecule has 1 atom stereocenters. The van der Waals surface area contributed by atoms with Crippen molar-refractivity contribution in [1.29, 1.82) is 0 Å². The molecule has 114 valence electrons. The molecule has 0 spiro atoms. The standard InChI is InChI=1S/C18H26N2O/c1-12-8-6-7-9-13(12)16-19-10-15(21)20(16)11-14-17(2,3)18(14,4)5/h6-9,14,16,19H,10-11H2,1-5H3. The van der Waals surface area contributed by atoms with Crippen LogP contribution in [0.15, 0.2) is 24.3 Å². The van der Waals surface area contributed by atoms with Gasteiger partial charge in [0.15, 0.2) is 0 Å². The first kappa shape index (κ1) is 14.6. The Bertz CT molecular complexity index is 562. The SMILES string of the molecule is Cc1ccccc1C1NCC(=O)N1CC1C(C)(C)C1(C)C. The number of rotatable bonds is 3. The molecule has 1 saturated carbocycles. The molecule has 3 nitrogen and oxygen atoms in total. The van der Waals surface area contributed by atoms with Crippen LogP contribution >= 0.6 is 0 Å². The molecule has 0 radical (unpaired) electrons. The summed E-state index contributed by atoms with van der Waals surface area (Å²) in [6.07, 6.45) is 0.0332. The van der Waals surface area contributed by atoms with Gasteiger partial charge in [-0.1, -0.05) is 52.0 Å². The molecular weight excluding hydrogens is 260 g/mol. The molecular formula is C18H26N2O. The molecule has 1 unspecified atom stereocenters. The molecule has 1 saturated heterocycles. The number of aryl methyl sites for hydroxylation is 1. The van der Waals surface area contributed by atoms with E-state index in [-0.39, 0.29) is 12.1 Å². The summed E-state index contributed by atoms with van der Waals surface area (Å²) >= 11 is 0. The van der Waals surface area contributed by atoms with E-state index in [0.29, 0.717) is 23.3 Å². The summed E-state index contributed by atoms with van der Waals surface area (Å²) in [6.45, 7) is 12.7. The lowest BCUT2D eigenvalue weighted by atomic mass is 10.0. The Labute approximate surface area is 127 Å². The monoisotopic (exact) mass is 286 g/mol. The molecule has 1 N–H and O–H groups in total. The van der Waals surface area contributed by atoms with Crippen LogP contribution in [0.2, 0.25) is 0 Å². The number of carbonyl (C=O) groups is 1. The van der Waals surface area contributed by atoms with Crippen molar-refractivity contribution in [3.8, 4) is 0 Å². The molecule has 1 aliphatic carbocycles. The van der Waals surface area contributed by atoms with E-state index in [1.54, 1.807) is 0 Å². The highest BCUT2D eigenvalue weighted by Gasteiger charge is 2.65. The normalized spacial score (nSPS) is 27.2. The van der Waals surface area contributed by atoms with E-state index < -0.39 is 0 Å². The van der Waals surface area contributed by atoms with Crippen molar-refractivity contribution in [2.75, 3.05) is 13.1 Å². The molecule has 0 aromatic heterocycles. The lowest BCUT2D eigenvalue weighted by Crippen LogP contribution is -2.33. The zero-order valence-electron chi connectivity index (χ0n) is 13.7. The van der Waals surface area contributed by atoms with Gasteiger partial charge in [0.1, 0.15) is 6.17 Å². The van der Waals surface area contributed by atoms with Crippen LogP contribution in [0.4, 0.5) is 0 Å². The maximum atomic E-state index is 12.3. The highest BCUT2D eigenvalue weighted by atomic mass is 16.2. The average molecular weight is 286 g/mol. The van der Waals surface area contributed by atoms with E-state index in [9.17, 15) is 4.79 Å². The highest BCUT2D eigenvalue weighted by Crippen LogP contribution is 2.68. The number of hydrogen-bond donors (Lipinski definition) is 1. The van der Waals surface area contributed by atoms with Crippen molar-refractivity contribution in [2.45, 2.75) is 40.8 Å². The topological polar surface area (TPSA) is 32.3 Å². The Morgan fingerprint density at radius 3 is 2.38 bits per heavy atom. The van der Waals surface area contributed by atoms with Crippen LogP contribution in [-0.4, -0.2) is 23.9 Å². The molecule has 2 fully saturated rings. The molecule has 1 aromatic rings. The fraction of sp³-hybridized carbons (Fsp3) is 0.611. The van der Waals surface area contributed by atoms with Gasteiger partial charge in [0.05, 0.1) is 6.54 Å². The smallest absolute Gasteiger partial charge is 0.238 e. The number of benzene rings is 1. The Kier molecular flexibility index (Phi) is 3.17. The summed E-state index contributed by atoms with van der Waals surface area (Å²) in [5, 5.41) is 3.38. The average Bonchev–Trinajstić information content (AvgIpc) is 2.70. The van der Waals surface area contributed by atoms with Gasteiger partial charge in [-0.15, -0.1) is 0 Å². The Hall–Kier alpha value is -1.35. The molecule has 1 aliphatic heterocycles. The molecule has 21 heavy (non-hydrogen) atoms. The van der Waals surface area contributed by atoms with E-state index in [2.05, 4.69) is 58.1 Å². The van der Waals surface area contributed by atoms with Gasteiger partial charge in [-0.2, -0.15) is 0 Å². The third-order valence-corrected chi connectivity index (χ3v) is 6.26. The van der Waals surface area contributed by atoms with Gasteiger partial charge in [0, 0.05) is 6.54 Å². The summed E-state index contributed by atoms with van der Waals surface area (Å²) in [5.74, 6) is 0.794. The second kappa shape index (κ2) is 4.57. The van der Waals surface area contributed by atoms with Crippen molar-refractivity contribution in [3.63, 3.8) is 0 Å². The molecule has 1 heterocycles. The van der Waals surface area contributed by atoms with E-state index in [1.807, 2.05) is 11.0 Å². The summed E-state index contributed by atoms with van der Waals surface area (Å²) < 4.78 is 0. The molecule has 0 bridgehead atoms. The molecule has 3 heteroatoms. The number of amides is 1. The van der Waals surface area contributed by atoms with Crippen LogP contribution in [0.5, 0.6) is 0 Å². The van der Waals surface area contributed by atoms with Crippen molar-refractivity contribution in [1.82, 2.24) is 10.2 Å². The van der Waals surface area contributed by atoms with Gasteiger partial charge in [-0.3, -0.25) is 10.1 Å². The quantitative estimate of drug-likeness (QED) is 0.926. The van der Waals surface area contributed by atoms with E-state index in [0.717, 1.165) is 6.54 Å². The van der Waals surface area contributed by atoms with E-state index >= 15 is 0 Å². The van der Waals surface area contributed by atoms with Crippen LogP contribution in [-0.2, 0) is 4.79 Å². The predicted octanol–water partition coefficient (Wildman–Crippen LogP) is 3.11. The fourth-order valence-electron chi connectivity index (χ4n) is 3.90. The first-order valence-corrected chi connectivity index (χ1v) is 7.85. The first-order chi connectivity index (χ1) is 9.76. The lowest BCUT2D eigenvalue weighted by molar-refractivity contribution is -0.128. The van der Waals surface area contributed by atoms with Crippen molar-refractivity contribution >= 4 is 5.91 Å². The number of nitrogens with zero attached hydrogens (tertiary/aromatic N) is 1. The summed E-state index contributed by atoms with van der Waals surface area (Å²) in [5.41, 5.74) is 3.09. The van der Waals surface area contributed by atoms with Crippen molar-refractivity contribution < 1.29 is 4.79 Å². The van der Waals surface area contributed by atoms with Crippen LogP contribution < -0.4 is 5.32 Å². The van der Waals surface area contributed by atoms with Gasteiger partial charge >= 0.3 is 0 Å². The summed E-state index contributed by atoms with van der Waals surface area (Å²) in [7, 11) is 0. The van der Waals surface area contributed by atoms with Gasteiger partial charge < -0.3 is 4.90 Å². The second-order valence-electron chi connectivity index (χ2n) is 7.68. The zero-order valence-corrected chi connectivity index (χ0v) is 13.7. The minimum Gasteiger partial charge on any atom is -0.321 e. The Morgan fingerprint density at radius 1 is 1.19 bits per heavy atom. The van der Waals surface area contributed by atoms with Gasteiger partial charge in [-0.05, 0) is 34.8 Å². The zero-order chi connectivity index (χ0) is 15.4. The molecule has 1 amide bonds. The highest BCUT2D eigenvalue weighted by molar-refractivity contribution is 5.81. The Balaban J connectivity index is 1.84. The number of nitrogens with one attached hydrogen (secondary N) is 1. The minimum atomic E-state index is 0.0332. The van der Waals surface area contributed by atoms with Gasteiger partial charge in [0.25, 0.3) is 0 Å². The third-order valence-electron chi connectivity index (χ3n) is 6.26. The Morgan fingerprint density at radius 2 is 1.81 bits per heavy atom.